The third-order valence-corrected chi connectivity index (χ3v) is 5.12. The molecule has 21 heavy (non-hydrogen) atoms. The summed E-state index contributed by atoms with van der Waals surface area (Å²) in [4.78, 5) is 14.7. The topological polar surface area (TPSA) is 32.3 Å². The van der Waals surface area contributed by atoms with Gasteiger partial charge in [-0.3, -0.25) is 10.1 Å². The molecule has 1 atom stereocenters. The van der Waals surface area contributed by atoms with Crippen LogP contribution < -0.4 is 5.32 Å². The average Bonchev–Trinajstić information content (AvgIpc) is 2.82. The lowest BCUT2D eigenvalue weighted by Gasteiger charge is -2.38. The van der Waals surface area contributed by atoms with E-state index in [0.717, 1.165) is 25.9 Å². The van der Waals surface area contributed by atoms with Crippen LogP contribution in [0.4, 0.5) is 0 Å². The quantitative estimate of drug-likeness (QED) is 0.926. The van der Waals surface area contributed by atoms with Crippen LogP contribution in [0.2, 0.25) is 0 Å². The third kappa shape index (κ3) is 3.29. The first kappa shape index (κ1) is 14.6. The fourth-order valence-corrected chi connectivity index (χ4v) is 3.59. The first-order chi connectivity index (χ1) is 10.1. The first-order valence-corrected chi connectivity index (χ1v) is 8.13. The minimum Gasteiger partial charge on any atom is -0.326 e. The third-order valence-electron chi connectivity index (χ3n) is 5.12. The molecule has 1 aromatic carbocycles. The lowest BCUT2D eigenvalue weighted by atomic mass is 9.75. The van der Waals surface area contributed by atoms with Gasteiger partial charge in [-0.15, -0.1) is 0 Å². The second kappa shape index (κ2) is 5.80. The first-order valence-electron chi connectivity index (χ1n) is 8.13. The molecule has 1 unspecified atom stereocenters. The van der Waals surface area contributed by atoms with E-state index in [2.05, 4.69) is 36.2 Å². The van der Waals surface area contributed by atoms with Gasteiger partial charge in [-0.05, 0) is 43.1 Å². The molecule has 3 rings (SSSR count). The maximum Gasteiger partial charge on any atom is 0.241 e. The van der Waals surface area contributed by atoms with Crippen molar-refractivity contribution in [1.82, 2.24) is 10.2 Å². The van der Waals surface area contributed by atoms with Gasteiger partial charge in [0.2, 0.25) is 5.91 Å². The SMILES string of the molecule is CC1(C)CCC(N2CNC(Cc3ccccc3)C2=O)CC1. The number of hydrogen-bond donors (Lipinski definition) is 1. The summed E-state index contributed by atoms with van der Waals surface area (Å²) in [6.45, 7) is 5.40. The lowest BCUT2D eigenvalue weighted by Crippen LogP contribution is -2.42. The van der Waals surface area contributed by atoms with Crippen LogP contribution in [0.25, 0.3) is 0 Å². The molecule has 1 saturated heterocycles. The molecule has 2 aliphatic rings. The predicted molar refractivity (Wildman–Crippen MR) is 84.8 cm³/mol. The molecule has 1 amide bonds. The number of carbonyl (C=O) groups excluding carboxylic acids is 1. The average molecular weight is 286 g/mol. The van der Waals surface area contributed by atoms with E-state index < -0.39 is 0 Å². The number of amides is 1. The molecular weight excluding hydrogens is 260 g/mol. The fraction of sp³-hybridized carbons (Fsp3) is 0.611. The van der Waals surface area contributed by atoms with Crippen molar-refractivity contribution >= 4 is 5.91 Å². The zero-order chi connectivity index (χ0) is 14.9. The Hall–Kier alpha value is -1.35. The summed E-state index contributed by atoms with van der Waals surface area (Å²) in [6, 6.07) is 10.7. The molecule has 0 radical (unpaired) electrons. The lowest BCUT2D eigenvalue weighted by molar-refractivity contribution is -0.131. The van der Waals surface area contributed by atoms with Crippen LogP contribution in [0.3, 0.4) is 0 Å². The number of hydrogen-bond acceptors (Lipinski definition) is 2. The van der Waals surface area contributed by atoms with Gasteiger partial charge in [0.25, 0.3) is 0 Å². The zero-order valence-corrected chi connectivity index (χ0v) is 13.1. The minimum atomic E-state index is -0.0395. The highest BCUT2D eigenvalue weighted by Crippen LogP contribution is 2.37. The van der Waals surface area contributed by atoms with Crippen LogP contribution in [0.5, 0.6) is 0 Å². The molecule has 0 spiro atoms. The van der Waals surface area contributed by atoms with E-state index >= 15 is 0 Å². The van der Waals surface area contributed by atoms with Crippen LogP contribution in [-0.4, -0.2) is 29.6 Å². The summed E-state index contributed by atoms with van der Waals surface area (Å²) >= 11 is 0. The summed E-state index contributed by atoms with van der Waals surface area (Å²) in [5.41, 5.74) is 1.69. The molecule has 1 aliphatic heterocycles. The molecule has 1 aliphatic carbocycles. The summed E-state index contributed by atoms with van der Waals surface area (Å²) in [7, 11) is 0. The highest BCUT2D eigenvalue weighted by molar-refractivity contribution is 5.84. The van der Waals surface area contributed by atoms with Gasteiger partial charge in [0.15, 0.2) is 0 Å². The normalized spacial score (nSPS) is 26.3. The van der Waals surface area contributed by atoms with Crippen LogP contribution in [0.1, 0.15) is 45.1 Å². The van der Waals surface area contributed by atoms with Gasteiger partial charge in [-0.1, -0.05) is 44.2 Å². The second-order valence-electron chi connectivity index (χ2n) is 7.31. The zero-order valence-electron chi connectivity index (χ0n) is 13.1. The summed E-state index contributed by atoms with van der Waals surface area (Å²) in [6.07, 6.45) is 5.56. The summed E-state index contributed by atoms with van der Waals surface area (Å²) < 4.78 is 0. The van der Waals surface area contributed by atoms with Gasteiger partial charge >= 0.3 is 0 Å². The molecule has 114 valence electrons. The van der Waals surface area contributed by atoms with Crippen LogP contribution in [-0.2, 0) is 11.2 Å². The Bertz CT molecular complexity index is 487. The van der Waals surface area contributed by atoms with Crippen molar-refractivity contribution < 1.29 is 4.79 Å². The van der Waals surface area contributed by atoms with E-state index in [0.29, 0.717) is 17.4 Å². The standard InChI is InChI=1S/C18H26N2O/c1-18(2)10-8-15(9-11-18)20-13-19-16(17(20)21)12-14-6-4-3-5-7-14/h3-7,15-16,19H,8-13H2,1-2H3. The predicted octanol–water partition coefficient (Wildman–Crippen LogP) is 2.96. The Morgan fingerprint density at radius 1 is 1.19 bits per heavy atom. The maximum absolute atomic E-state index is 12.6. The number of benzene rings is 1. The summed E-state index contributed by atoms with van der Waals surface area (Å²) in [5.74, 6) is 0.295. The van der Waals surface area contributed by atoms with E-state index in [-0.39, 0.29) is 6.04 Å². The van der Waals surface area contributed by atoms with Crippen molar-refractivity contribution in [3.63, 3.8) is 0 Å². The van der Waals surface area contributed by atoms with E-state index in [1.807, 2.05) is 18.2 Å². The largest absolute Gasteiger partial charge is 0.326 e. The van der Waals surface area contributed by atoms with Gasteiger partial charge < -0.3 is 4.90 Å². The van der Waals surface area contributed by atoms with Crippen LogP contribution in [0.15, 0.2) is 30.3 Å². The number of nitrogens with one attached hydrogen (secondary N) is 1. The Kier molecular flexibility index (Phi) is 4.03. The Morgan fingerprint density at radius 2 is 1.86 bits per heavy atom. The summed E-state index contributed by atoms with van der Waals surface area (Å²) in [5, 5.41) is 3.40. The molecule has 1 aromatic rings. The highest BCUT2D eigenvalue weighted by atomic mass is 16.2. The Morgan fingerprint density at radius 3 is 2.52 bits per heavy atom. The number of nitrogens with zero attached hydrogens (tertiary/aromatic N) is 1. The maximum atomic E-state index is 12.6. The molecule has 0 bridgehead atoms. The molecular formula is C18H26N2O. The van der Waals surface area contributed by atoms with Crippen molar-refractivity contribution in [1.29, 1.82) is 0 Å². The van der Waals surface area contributed by atoms with E-state index in [1.165, 1.54) is 18.4 Å². The highest BCUT2D eigenvalue weighted by Gasteiger charge is 2.38. The van der Waals surface area contributed by atoms with Crippen molar-refractivity contribution in [2.75, 3.05) is 6.67 Å². The smallest absolute Gasteiger partial charge is 0.241 e. The van der Waals surface area contributed by atoms with Gasteiger partial charge in [-0.2, -0.15) is 0 Å². The molecule has 1 heterocycles. The van der Waals surface area contributed by atoms with Crippen LogP contribution >= 0.6 is 0 Å². The monoisotopic (exact) mass is 286 g/mol. The minimum absolute atomic E-state index is 0.0395. The Balaban J connectivity index is 1.59. The fourth-order valence-electron chi connectivity index (χ4n) is 3.59. The van der Waals surface area contributed by atoms with E-state index in [1.54, 1.807) is 0 Å². The van der Waals surface area contributed by atoms with Gasteiger partial charge in [0.05, 0.1) is 12.7 Å². The van der Waals surface area contributed by atoms with Crippen molar-refractivity contribution in [3.8, 4) is 0 Å². The van der Waals surface area contributed by atoms with Gasteiger partial charge in [0, 0.05) is 6.04 Å². The molecule has 1 saturated carbocycles. The van der Waals surface area contributed by atoms with Crippen molar-refractivity contribution in [2.24, 2.45) is 5.41 Å². The van der Waals surface area contributed by atoms with Gasteiger partial charge in [-0.25, -0.2) is 0 Å². The van der Waals surface area contributed by atoms with Crippen molar-refractivity contribution in [2.45, 2.75) is 58.0 Å². The molecule has 3 nitrogen and oxygen atoms in total. The van der Waals surface area contributed by atoms with Crippen molar-refractivity contribution in [3.05, 3.63) is 35.9 Å². The number of carbonyl (C=O) groups is 1. The number of rotatable bonds is 3. The molecule has 2 fully saturated rings. The van der Waals surface area contributed by atoms with E-state index in [9.17, 15) is 4.79 Å². The molecule has 3 heteroatoms. The molecule has 1 N–H and O–H groups in total. The Labute approximate surface area is 127 Å². The molecule has 0 aromatic heterocycles. The van der Waals surface area contributed by atoms with E-state index in [4.69, 9.17) is 0 Å². The second-order valence-corrected chi connectivity index (χ2v) is 7.31. The van der Waals surface area contributed by atoms with Gasteiger partial charge in [0.1, 0.15) is 0 Å². The van der Waals surface area contributed by atoms with Crippen LogP contribution in [0, 0.1) is 5.41 Å².